The van der Waals surface area contributed by atoms with Crippen molar-refractivity contribution in [2.24, 2.45) is 0 Å². The lowest BCUT2D eigenvalue weighted by molar-refractivity contribution is -0.0522. The van der Waals surface area contributed by atoms with Crippen molar-refractivity contribution < 1.29 is 27.0 Å². The van der Waals surface area contributed by atoms with E-state index in [0.717, 1.165) is 41.6 Å². The van der Waals surface area contributed by atoms with Gasteiger partial charge in [0.25, 0.3) is 0 Å². The number of ether oxygens (including phenoxy) is 2. The van der Waals surface area contributed by atoms with E-state index in [1.807, 2.05) is 30.3 Å². The van der Waals surface area contributed by atoms with E-state index < -0.39 is 18.2 Å². The molecule has 36 heavy (non-hydrogen) atoms. The lowest BCUT2D eigenvalue weighted by Gasteiger charge is -2.10. The molecule has 0 amide bonds. The molecule has 0 spiro atoms. The molecule has 4 aromatic rings. The summed E-state index contributed by atoms with van der Waals surface area (Å²) in [6.07, 6.45) is 5.57. The van der Waals surface area contributed by atoms with Crippen LogP contribution in [-0.4, -0.2) is 18.2 Å². The molecule has 0 aliphatic carbocycles. The van der Waals surface area contributed by atoms with E-state index in [0.29, 0.717) is 41.7 Å². The Hall–Kier alpha value is -3.87. The summed E-state index contributed by atoms with van der Waals surface area (Å²) >= 11 is 0. The summed E-state index contributed by atoms with van der Waals surface area (Å²) in [5.74, 6) is -0.995. The number of hydrogen-bond donors (Lipinski definition) is 0. The zero-order valence-corrected chi connectivity index (χ0v) is 19.5. The largest absolute Gasteiger partial charge is 0.488 e. The second-order valence-electron chi connectivity index (χ2n) is 8.32. The van der Waals surface area contributed by atoms with Gasteiger partial charge in [-0.25, -0.2) is 8.78 Å². The Morgan fingerprint density at radius 3 is 2.36 bits per heavy atom. The van der Waals surface area contributed by atoms with Gasteiger partial charge in [0.05, 0.1) is 6.20 Å². The molecule has 0 radical (unpaired) electrons. The van der Waals surface area contributed by atoms with Crippen molar-refractivity contribution in [2.75, 3.05) is 6.61 Å². The van der Waals surface area contributed by atoms with Crippen LogP contribution >= 0.6 is 0 Å². The van der Waals surface area contributed by atoms with Crippen molar-refractivity contribution in [1.82, 2.24) is 4.98 Å². The number of halogens is 4. The van der Waals surface area contributed by atoms with Crippen LogP contribution in [0.25, 0.3) is 10.8 Å². The van der Waals surface area contributed by atoms with E-state index in [2.05, 4.69) is 16.3 Å². The number of nitrogens with zero attached hydrogens (tertiary/aromatic N) is 1. The minimum Gasteiger partial charge on any atom is -0.488 e. The quantitative estimate of drug-likeness (QED) is 0.162. The average Bonchev–Trinajstić information content (AvgIpc) is 2.87. The molecule has 0 fully saturated rings. The van der Waals surface area contributed by atoms with Crippen molar-refractivity contribution in [3.63, 3.8) is 0 Å². The lowest BCUT2D eigenvalue weighted by atomic mass is 9.98. The maximum absolute atomic E-state index is 15.2. The number of benzene rings is 3. The average molecular weight is 496 g/mol. The minimum absolute atomic E-state index is 0.311. The Labute approximate surface area is 207 Å². The predicted octanol–water partition coefficient (Wildman–Crippen LogP) is 7.25. The highest BCUT2D eigenvalue weighted by Gasteiger charge is 2.12. The van der Waals surface area contributed by atoms with Crippen molar-refractivity contribution in [2.45, 2.75) is 32.3 Å². The fourth-order valence-corrected chi connectivity index (χ4v) is 3.98. The molecule has 0 saturated carbocycles. The van der Waals surface area contributed by atoms with Crippen molar-refractivity contribution in [3.05, 3.63) is 114 Å². The summed E-state index contributed by atoms with van der Waals surface area (Å²) in [6.45, 7) is 0.955. The van der Waals surface area contributed by atoms with Crippen LogP contribution in [0, 0.1) is 11.6 Å². The van der Waals surface area contributed by atoms with E-state index >= 15 is 4.39 Å². The number of hydrogen-bond acceptors (Lipinski definition) is 3. The van der Waals surface area contributed by atoms with Crippen molar-refractivity contribution >= 4 is 10.8 Å². The molecule has 1 aromatic heterocycles. The molecule has 0 unspecified atom stereocenters. The predicted molar refractivity (Wildman–Crippen MR) is 132 cm³/mol. The summed E-state index contributed by atoms with van der Waals surface area (Å²) in [5.41, 5.74) is 3.09. The third-order valence-electron chi connectivity index (χ3n) is 5.83. The Morgan fingerprint density at radius 1 is 0.861 bits per heavy atom. The summed E-state index contributed by atoms with van der Waals surface area (Å²) in [6, 6.07) is 16.9. The molecule has 0 aliphatic heterocycles. The van der Waals surface area contributed by atoms with Crippen LogP contribution in [0.5, 0.6) is 11.5 Å². The zero-order valence-electron chi connectivity index (χ0n) is 19.5. The van der Waals surface area contributed by atoms with Crippen LogP contribution in [0.15, 0.2) is 79.5 Å². The van der Waals surface area contributed by atoms with Gasteiger partial charge in [0.1, 0.15) is 18.2 Å². The number of alkyl halides is 2. The molecule has 3 nitrogen and oxygen atoms in total. The van der Waals surface area contributed by atoms with Gasteiger partial charge >= 0.3 is 6.61 Å². The van der Waals surface area contributed by atoms with Crippen LogP contribution in [0.4, 0.5) is 17.6 Å². The molecule has 3 aromatic carbocycles. The number of aromatic nitrogens is 1. The Morgan fingerprint density at radius 2 is 1.64 bits per heavy atom. The SMILES string of the molecule is C=CCOc1ccc(CCc2ccc3c(F)c(CCc4ccc(OC(F)F)c(F)c4)ccc3c2)nc1. The van der Waals surface area contributed by atoms with Crippen LogP contribution in [0.1, 0.15) is 22.4 Å². The van der Waals surface area contributed by atoms with E-state index in [1.165, 1.54) is 6.07 Å². The van der Waals surface area contributed by atoms with Crippen LogP contribution in [-0.2, 0) is 25.7 Å². The normalized spacial score (nSPS) is 11.1. The topological polar surface area (TPSA) is 31.4 Å². The second-order valence-corrected chi connectivity index (χ2v) is 8.32. The van der Waals surface area contributed by atoms with Crippen LogP contribution in [0.2, 0.25) is 0 Å². The highest BCUT2D eigenvalue weighted by Crippen LogP contribution is 2.26. The van der Waals surface area contributed by atoms with Gasteiger partial charge in [0, 0.05) is 11.1 Å². The van der Waals surface area contributed by atoms with Gasteiger partial charge < -0.3 is 9.47 Å². The molecule has 0 aliphatic rings. The fourth-order valence-electron chi connectivity index (χ4n) is 3.98. The molecule has 1 heterocycles. The molecule has 186 valence electrons. The summed E-state index contributed by atoms with van der Waals surface area (Å²) < 4.78 is 63.3. The fraction of sp³-hybridized carbons (Fsp3) is 0.207. The lowest BCUT2D eigenvalue weighted by Crippen LogP contribution is -2.04. The number of pyridine rings is 1. The van der Waals surface area contributed by atoms with Gasteiger partial charge in [-0.05, 0) is 72.0 Å². The smallest absolute Gasteiger partial charge is 0.387 e. The maximum atomic E-state index is 15.2. The van der Waals surface area contributed by atoms with Gasteiger partial charge in [-0.2, -0.15) is 8.78 Å². The number of aryl methyl sites for hydroxylation is 4. The van der Waals surface area contributed by atoms with Gasteiger partial charge in [0.2, 0.25) is 0 Å². The third-order valence-corrected chi connectivity index (χ3v) is 5.83. The third kappa shape index (κ3) is 6.42. The van der Waals surface area contributed by atoms with Crippen molar-refractivity contribution in [3.8, 4) is 11.5 Å². The van der Waals surface area contributed by atoms with E-state index in [4.69, 9.17) is 4.74 Å². The molecular formula is C29H25F4NO2. The summed E-state index contributed by atoms with van der Waals surface area (Å²) in [5, 5.41) is 1.32. The monoisotopic (exact) mass is 495 g/mol. The molecule has 0 bridgehead atoms. The summed E-state index contributed by atoms with van der Waals surface area (Å²) in [4.78, 5) is 4.42. The van der Waals surface area contributed by atoms with E-state index in [1.54, 1.807) is 24.4 Å². The van der Waals surface area contributed by atoms with Gasteiger partial charge in [-0.15, -0.1) is 0 Å². The molecule has 4 rings (SSSR count). The minimum atomic E-state index is -3.09. The highest BCUT2D eigenvalue weighted by atomic mass is 19.3. The maximum Gasteiger partial charge on any atom is 0.387 e. The molecule has 0 N–H and O–H groups in total. The molecule has 0 saturated heterocycles. The van der Waals surface area contributed by atoms with E-state index in [9.17, 15) is 13.2 Å². The summed E-state index contributed by atoms with van der Waals surface area (Å²) in [7, 11) is 0. The first-order valence-electron chi connectivity index (χ1n) is 11.5. The first-order valence-corrected chi connectivity index (χ1v) is 11.5. The Balaban J connectivity index is 1.39. The van der Waals surface area contributed by atoms with Crippen LogP contribution < -0.4 is 9.47 Å². The molecule has 7 heteroatoms. The van der Waals surface area contributed by atoms with Gasteiger partial charge in [-0.1, -0.05) is 49.1 Å². The second kappa shape index (κ2) is 11.7. The Kier molecular flexibility index (Phi) is 8.21. The van der Waals surface area contributed by atoms with Crippen molar-refractivity contribution in [1.29, 1.82) is 0 Å². The first-order chi connectivity index (χ1) is 17.4. The standard InChI is InChI=1S/C29H25F4NO2/c1-2-15-35-24-12-11-23(34-18-24)10-4-19-5-13-25-22(16-19)9-8-21(28(25)31)7-3-20-6-14-27(26(30)17-20)36-29(32)33/h2,5-6,8-9,11-14,16-18,29H,1,3-4,7,10,15H2. The zero-order chi connectivity index (χ0) is 25.5. The van der Waals surface area contributed by atoms with Crippen LogP contribution in [0.3, 0.4) is 0 Å². The number of rotatable bonds is 11. The van der Waals surface area contributed by atoms with Gasteiger partial charge in [0.15, 0.2) is 11.6 Å². The van der Waals surface area contributed by atoms with E-state index in [-0.39, 0.29) is 5.82 Å². The molecule has 0 atom stereocenters. The first kappa shape index (κ1) is 25.2. The Bertz CT molecular complexity index is 1340. The molecular weight excluding hydrogens is 470 g/mol. The van der Waals surface area contributed by atoms with Gasteiger partial charge in [-0.3, -0.25) is 4.98 Å². The highest BCUT2D eigenvalue weighted by molar-refractivity contribution is 5.84. The number of fused-ring (bicyclic) bond motifs is 1.